The molecule has 8 rings (SSSR count). The molecule has 20 heteroatoms. The van der Waals surface area contributed by atoms with Crippen molar-refractivity contribution in [2.45, 2.75) is 97.6 Å². The predicted molar refractivity (Wildman–Crippen MR) is 265 cm³/mol. The number of sulfone groups is 1. The van der Waals surface area contributed by atoms with Crippen LogP contribution in [0.3, 0.4) is 0 Å². The van der Waals surface area contributed by atoms with E-state index in [-0.39, 0.29) is 17.0 Å². The summed E-state index contributed by atoms with van der Waals surface area (Å²) in [5.41, 5.74) is -0.536. The number of sulfonamides is 1. The van der Waals surface area contributed by atoms with Crippen LogP contribution in [-0.2, 0) is 32.8 Å². The Balaban J connectivity index is 0.955. The Hall–Kier alpha value is -3.82. The van der Waals surface area contributed by atoms with Gasteiger partial charge in [0.15, 0.2) is 0 Å². The minimum atomic E-state index is -6.06. The molecule has 1 aromatic heterocycles. The molecule has 0 radical (unpaired) electrons. The van der Waals surface area contributed by atoms with E-state index in [1.807, 2.05) is 19.2 Å². The number of rotatable bonds is 16. The smallest absolute Gasteiger partial charge is 0.380 e. The molecule has 12 nitrogen and oxygen atoms in total. The first-order valence-corrected chi connectivity index (χ1v) is 27.9. The first-order valence-electron chi connectivity index (χ1n) is 23.5. The number of piperidine rings is 1. The van der Waals surface area contributed by atoms with Crippen LogP contribution < -0.4 is 10.0 Å². The van der Waals surface area contributed by atoms with Crippen LogP contribution in [-0.4, -0.2) is 136 Å². The van der Waals surface area contributed by atoms with E-state index >= 15 is 0 Å². The fourth-order valence-corrected chi connectivity index (χ4v) is 13.1. The molecule has 1 atom stereocenters. The predicted octanol–water partition coefficient (Wildman–Crippen LogP) is 9.06. The van der Waals surface area contributed by atoms with E-state index in [2.05, 4.69) is 65.6 Å². The van der Waals surface area contributed by atoms with Crippen LogP contribution in [0.25, 0.3) is 5.57 Å². The highest BCUT2D eigenvalue weighted by atomic mass is 35.5. The van der Waals surface area contributed by atoms with Crippen molar-refractivity contribution in [3.63, 3.8) is 0 Å². The van der Waals surface area contributed by atoms with Crippen LogP contribution in [0.2, 0.25) is 5.02 Å². The lowest BCUT2D eigenvalue weighted by Gasteiger charge is -2.41. The van der Waals surface area contributed by atoms with Gasteiger partial charge >= 0.3 is 5.51 Å². The van der Waals surface area contributed by atoms with Gasteiger partial charge < -0.3 is 15.1 Å². The standard InChI is InChI=1S/C49H61ClF4N8O4S3/c1-48(2)19-14-35(41(29-48)34-8-10-36(50)11-9-34)30-61-21-16-38(17-22-61)62-23-18-40-44(31-62)55-33-56-47(40)58-69(65,66)39-12-13-43(46(28-39)68(63,64)49(52,53)54)57-37(15-20-60-26-24-59(3)25-27-60)32-67-45-7-5-4-6-42(45)51/h4-13,28,33,37-38,57H,14-27,29-32H2,1-3H3,(H,55,56,58). The minimum absolute atomic E-state index is 0.00790. The summed E-state index contributed by atoms with van der Waals surface area (Å²) in [6, 6.07) is 16.6. The van der Waals surface area contributed by atoms with Gasteiger partial charge in [0.1, 0.15) is 22.9 Å². The third kappa shape index (κ3) is 12.6. The van der Waals surface area contributed by atoms with Crippen LogP contribution in [0, 0.1) is 11.2 Å². The van der Waals surface area contributed by atoms with Crippen molar-refractivity contribution in [2.24, 2.45) is 5.41 Å². The summed E-state index contributed by atoms with van der Waals surface area (Å²) in [7, 11) is -8.71. The van der Waals surface area contributed by atoms with E-state index in [1.54, 1.807) is 18.2 Å². The molecule has 2 fully saturated rings. The van der Waals surface area contributed by atoms with Gasteiger partial charge in [0, 0.05) is 85.7 Å². The SMILES string of the molecule is CN1CCN(CCC(CSc2ccccc2F)Nc2ccc(S(=O)(=O)Nc3ncnc4c3CCN(C3CCN(CC5=C(c6ccc(Cl)cc6)CC(C)(C)CC5)CC3)C4)cc2S(=O)(=O)C(F)(F)F)CC1. The van der Waals surface area contributed by atoms with Gasteiger partial charge in [0.2, 0.25) is 0 Å². The summed E-state index contributed by atoms with van der Waals surface area (Å²) in [5.74, 6) is -0.286. The maximum absolute atomic E-state index is 14.6. The molecule has 4 heterocycles. The largest absolute Gasteiger partial charge is 0.501 e. The zero-order chi connectivity index (χ0) is 49.1. The van der Waals surface area contributed by atoms with Crippen molar-refractivity contribution < 1.29 is 34.4 Å². The number of alkyl halides is 3. The zero-order valence-corrected chi connectivity index (χ0v) is 42.4. The van der Waals surface area contributed by atoms with Crippen LogP contribution >= 0.6 is 23.4 Å². The third-order valence-electron chi connectivity index (χ3n) is 14.0. The molecule has 2 N–H and O–H groups in total. The second-order valence-electron chi connectivity index (χ2n) is 19.5. The van der Waals surface area contributed by atoms with Crippen LogP contribution in [0.5, 0.6) is 0 Å². The highest BCUT2D eigenvalue weighted by Gasteiger charge is 2.48. The molecule has 374 valence electrons. The van der Waals surface area contributed by atoms with Crippen molar-refractivity contribution >= 4 is 60.3 Å². The van der Waals surface area contributed by atoms with Gasteiger partial charge in [-0.05, 0) is 124 Å². The Morgan fingerprint density at radius 2 is 1.62 bits per heavy atom. The number of halogens is 5. The van der Waals surface area contributed by atoms with Crippen LogP contribution in [0.1, 0.15) is 69.2 Å². The van der Waals surface area contributed by atoms with E-state index < -0.39 is 52.7 Å². The molecular weight excluding hydrogens is 972 g/mol. The van der Waals surface area contributed by atoms with Crippen molar-refractivity contribution in [2.75, 3.05) is 81.7 Å². The number of aromatic nitrogens is 2. The lowest BCUT2D eigenvalue weighted by molar-refractivity contribution is -0.0435. The molecule has 3 aliphatic heterocycles. The Morgan fingerprint density at radius 3 is 2.33 bits per heavy atom. The first-order chi connectivity index (χ1) is 32.7. The highest BCUT2D eigenvalue weighted by Crippen LogP contribution is 2.44. The van der Waals surface area contributed by atoms with Gasteiger partial charge in [-0.15, -0.1) is 11.8 Å². The fourth-order valence-electron chi connectivity index (χ4n) is 9.85. The van der Waals surface area contributed by atoms with Crippen LogP contribution in [0.15, 0.2) is 93.3 Å². The number of nitrogens with zero attached hydrogens (tertiary/aromatic N) is 6. The second kappa shape index (κ2) is 21.5. The number of likely N-dealkylation sites (N-methyl/N-ethyl adjacent to an activating group) is 1. The number of thioether (sulfide) groups is 1. The van der Waals surface area contributed by atoms with Gasteiger partial charge in [-0.2, -0.15) is 13.2 Å². The molecule has 3 aromatic carbocycles. The molecule has 1 aliphatic carbocycles. The molecule has 2 saturated heterocycles. The number of hydrogen-bond acceptors (Lipinski definition) is 12. The molecule has 1 unspecified atom stereocenters. The van der Waals surface area contributed by atoms with Gasteiger partial charge in [0.25, 0.3) is 19.9 Å². The van der Waals surface area contributed by atoms with Crippen molar-refractivity contribution in [1.29, 1.82) is 0 Å². The lowest BCUT2D eigenvalue weighted by Crippen LogP contribution is -2.47. The number of piperazine rings is 1. The Kier molecular flexibility index (Phi) is 16.1. The van der Waals surface area contributed by atoms with E-state index in [0.29, 0.717) is 60.7 Å². The maximum Gasteiger partial charge on any atom is 0.501 e. The second-order valence-corrected chi connectivity index (χ2v) is 24.6. The van der Waals surface area contributed by atoms with Crippen molar-refractivity contribution in [1.82, 2.24) is 29.6 Å². The van der Waals surface area contributed by atoms with Gasteiger partial charge in [-0.25, -0.2) is 31.2 Å². The van der Waals surface area contributed by atoms with E-state index in [0.717, 1.165) is 107 Å². The molecule has 4 aromatic rings. The highest BCUT2D eigenvalue weighted by molar-refractivity contribution is 7.99. The van der Waals surface area contributed by atoms with E-state index in [9.17, 15) is 34.4 Å². The topological polar surface area (TPSA) is 131 Å². The number of anilines is 2. The molecular formula is C49H61ClF4N8O4S3. The summed E-state index contributed by atoms with van der Waals surface area (Å²) in [4.78, 5) is 16.5. The first kappa shape index (κ1) is 51.5. The Labute approximate surface area is 413 Å². The molecule has 0 bridgehead atoms. The molecule has 4 aliphatic rings. The number of likely N-dealkylation sites (tertiary alicyclic amines) is 1. The lowest BCUT2D eigenvalue weighted by atomic mass is 9.72. The summed E-state index contributed by atoms with van der Waals surface area (Å²) in [6.07, 6.45) is 7.23. The number of nitrogens with one attached hydrogen (secondary N) is 2. The number of hydrogen-bond donors (Lipinski definition) is 2. The summed E-state index contributed by atoms with van der Waals surface area (Å²) in [6.45, 7) is 12.3. The number of allylic oxidation sites excluding steroid dienone is 1. The van der Waals surface area contributed by atoms with Gasteiger partial charge in [-0.1, -0.05) is 55.3 Å². The minimum Gasteiger partial charge on any atom is -0.380 e. The average Bonchev–Trinajstić information content (AvgIpc) is 3.31. The Morgan fingerprint density at radius 1 is 0.899 bits per heavy atom. The number of benzene rings is 3. The number of fused-ring (bicyclic) bond motifs is 1. The average molecular weight is 1030 g/mol. The quantitative estimate of drug-likeness (QED) is 0.0821. The molecule has 69 heavy (non-hydrogen) atoms. The summed E-state index contributed by atoms with van der Waals surface area (Å²) < 4.78 is 115. The van der Waals surface area contributed by atoms with Crippen molar-refractivity contribution in [3.8, 4) is 0 Å². The zero-order valence-electron chi connectivity index (χ0n) is 39.2. The van der Waals surface area contributed by atoms with Crippen LogP contribution in [0.4, 0.5) is 29.1 Å². The normalized spacial score (nSPS) is 19.9. The summed E-state index contributed by atoms with van der Waals surface area (Å²) in [5, 5.41) is 3.72. The van der Waals surface area contributed by atoms with Crippen molar-refractivity contribution in [3.05, 3.63) is 106 Å². The molecule has 0 amide bonds. The fraction of sp³-hybridized carbons (Fsp3) is 0.510. The van der Waals surface area contributed by atoms with E-state index in [4.69, 9.17) is 11.6 Å². The van der Waals surface area contributed by atoms with Gasteiger partial charge in [0.05, 0.1) is 16.3 Å². The van der Waals surface area contributed by atoms with E-state index in [1.165, 1.54) is 29.1 Å². The third-order valence-corrected chi connectivity index (χ3v) is 18.3. The summed E-state index contributed by atoms with van der Waals surface area (Å²) >= 11 is 7.38. The monoisotopic (exact) mass is 1030 g/mol. The molecule has 0 saturated carbocycles. The molecule has 0 spiro atoms. The maximum atomic E-state index is 14.6. The Bertz CT molecular complexity index is 2710. The van der Waals surface area contributed by atoms with Gasteiger partial charge in [-0.3, -0.25) is 14.5 Å².